The lowest BCUT2D eigenvalue weighted by molar-refractivity contribution is 0.0288. The van der Waals surface area contributed by atoms with E-state index in [1.807, 2.05) is 58.0 Å². The molecule has 0 aliphatic heterocycles. The van der Waals surface area contributed by atoms with E-state index in [0.717, 1.165) is 28.0 Å². The fourth-order valence-electron chi connectivity index (χ4n) is 3.24. The van der Waals surface area contributed by atoms with E-state index >= 15 is 0 Å². The van der Waals surface area contributed by atoms with E-state index < -0.39 is 5.60 Å². The summed E-state index contributed by atoms with van der Waals surface area (Å²) in [5, 5.41) is 11.7. The smallest absolute Gasteiger partial charge is 0.128 e. The number of hydrogen-bond acceptors (Lipinski definition) is 2. The van der Waals surface area contributed by atoms with Crippen molar-refractivity contribution in [1.29, 1.82) is 0 Å². The molecule has 2 aromatic rings. The fourth-order valence-corrected chi connectivity index (χ4v) is 3.24. The van der Waals surface area contributed by atoms with Gasteiger partial charge in [-0.1, -0.05) is 50.2 Å². The standard InChI is InChI=1S/C20H26O2/c1-13(2)20(21,17-10-8-7-9-11-17)18-15(4)12-14(3)16(5)19(18)22-6/h7-13,21H,1-6H3/t20-/m1/s1. The quantitative estimate of drug-likeness (QED) is 0.899. The predicted molar refractivity (Wildman–Crippen MR) is 91.5 cm³/mol. The largest absolute Gasteiger partial charge is 0.496 e. The van der Waals surface area contributed by atoms with E-state index in [9.17, 15) is 5.11 Å². The fraction of sp³-hybridized carbons (Fsp3) is 0.400. The molecule has 1 N–H and O–H groups in total. The van der Waals surface area contributed by atoms with Crippen molar-refractivity contribution in [3.05, 3.63) is 64.2 Å². The van der Waals surface area contributed by atoms with Gasteiger partial charge in [-0.15, -0.1) is 0 Å². The summed E-state index contributed by atoms with van der Waals surface area (Å²) in [7, 11) is 1.68. The number of methoxy groups -OCH3 is 1. The number of aryl methyl sites for hydroxylation is 2. The Morgan fingerprint density at radius 1 is 1.00 bits per heavy atom. The zero-order valence-corrected chi connectivity index (χ0v) is 14.4. The molecule has 0 bridgehead atoms. The number of aliphatic hydroxyl groups is 1. The van der Waals surface area contributed by atoms with Crippen LogP contribution in [0.25, 0.3) is 0 Å². The summed E-state index contributed by atoms with van der Waals surface area (Å²) in [6.45, 7) is 10.2. The van der Waals surface area contributed by atoms with Crippen molar-refractivity contribution in [2.45, 2.75) is 40.2 Å². The third kappa shape index (κ3) is 2.52. The maximum atomic E-state index is 11.7. The van der Waals surface area contributed by atoms with Crippen molar-refractivity contribution >= 4 is 0 Å². The number of benzene rings is 2. The van der Waals surface area contributed by atoms with E-state index in [-0.39, 0.29) is 5.92 Å². The van der Waals surface area contributed by atoms with Gasteiger partial charge in [-0.3, -0.25) is 0 Å². The van der Waals surface area contributed by atoms with Crippen LogP contribution in [0.3, 0.4) is 0 Å². The van der Waals surface area contributed by atoms with Crippen LogP contribution < -0.4 is 4.74 Å². The Balaban J connectivity index is 2.83. The lowest BCUT2D eigenvalue weighted by Gasteiger charge is -2.36. The highest BCUT2D eigenvalue weighted by Crippen LogP contribution is 2.44. The van der Waals surface area contributed by atoms with Gasteiger partial charge >= 0.3 is 0 Å². The first-order valence-corrected chi connectivity index (χ1v) is 7.77. The van der Waals surface area contributed by atoms with Crippen molar-refractivity contribution in [2.75, 3.05) is 7.11 Å². The van der Waals surface area contributed by atoms with E-state index in [2.05, 4.69) is 13.0 Å². The van der Waals surface area contributed by atoms with Gasteiger partial charge in [0.25, 0.3) is 0 Å². The Morgan fingerprint density at radius 3 is 2.09 bits per heavy atom. The summed E-state index contributed by atoms with van der Waals surface area (Å²) >= 11 is 0. The molecule has 0 heterocycles. The minimum Gasteiger partial charge on any atom is -0.496 e. The van der Waals surface area contributed by atoms with E-state index in [1.165, 1.54) is 5.56 Å². The van der Waals surface area contributed by atoms with Crippen molar-refractivity contribution in [2.24, 2.45) is 5.92 Å². The zero-order valence-electron chi connectivity index (χ0n) is 14.4. The van der Waals surface area contributed by atoms with Gasteiger partial charge in [-0.25, -0.2) is 0 Å². The average molecular weight is 298 g/mol. The van der Waals surface area contributed by atoms with E-state index in [0.29, 0.717) is 0 Å². The lowest BCUT2D eigenvalue weighted by Crippen LogP contribution is -2.35. The summed E-state index contributed by atoms with van der Waals surface area (Å²) in [6.07, 6.45) is 0. The molecule has 0 saturated heterocycles. The summed E-state index contributed by atoms with van der Waals surface area (Å²) in [5.41, 5.74) is 4.01. The Kier molecular flexibility index (Phi) is 4.62. The SMILES string of the molecule is COc1c(C)c(C)cc(C)c1[C@](O)(c1ccccc1)C(C)C. The van der Waals surface area contributed by atoms with Crippen molar-refractivity contribution < 1.29 is 9.84 Å². The molecule has 0 aromatic heterocycles. The number of hydrogen-bond donors (Lipinski definition) is 1. The van der Waals surface area contributed by atoms with Gasteiger partial charge in [0.2, 0.25) is 0 Å². The summed E-state index contributed by atoms with van der Waals surface area (Å²) in [4.78, 5) is 0. The van der Waals surface area contributed by atoms with Crippen molar-refractivity contribution in [3.63, 3.8) is 0 Å². The first-order chi connectivity index (χ1) is 10.3. The second-order valence-corrected chi connectivity index (χ2v) is 6.33. The van der Waals surface area contributed by atoms with Gasteiger partial charge in [0.1, 0.15) is 11.4 Å². The lowest BCUT2D eigenvalue weighted by atomic mass is 9.74. The van der Waals surface area contributed by atoms with Crippen LogP contribution in [0.4, 0.5) is 0 Å². The highest BCUT2D eigenvalue weighted by atomic mass is 16.5. The van der Waals surface area contributed by atoms with Gasteiger partial charge in [0.15, 0.2) is 0 Å². The third-order valence-corrected chi connectivity index (χ3v) is 4.62. The van der Waals surface area contributed by atoms with Gasteiger partial charge in [-0.05, 0) is 48.9 Å². The molecule has 2 nitrogen and oxygen atoms in total. The Labute approximate surface area is 133 Å². The van der Waals surface area contributed by atoms with Crippen LogP contribution in [0, 0.1) is 26.7 Å². The molecule has 2 rings (SSSR count). The molecule has 1 atom stereocenters. The first kappa shape index (κ1) is 16.6. The highest BCUT2D eigenvalue weighted by Gasteiger charge is 2.39. The molecule has 0 unspecified atom stereocenters. The van der Waals surface area contributed by atoms with E-state index in [4.69, 9.17) is 4.74 Å². The van der Waals surface area contributed by atoms with Crippen LogP contribution in [0.1, 0.15) is 41.7 Å². The molecular weight excluding hydrogens is 272 g/mol. The maximum absolute atomic E-state index is 11.7. The minimum absolute atomic E-state index is 0.0182. The summed E-state index contributed by atoms with van der Waals surface area (Å²) < 4.78 is 5.70. The van der Waals surface area contributed by atoms with E-state index in [1.54, 1.807) is 7.11 Å². The highest BCUT2D eigenvalue weighted by molar-refractivity contribution is 5.55. The zero-order chi connectivity index (χ0) is 16.5. The monoisotopic (exact) mass is 298 g/mol. The number of rotatable bonds is 4. The van der Waals surface area contributed by atoms with Crippen LogP contribution >= 0.6 is 0 Å². The number of ether oxygens (including phenoxy) is 1. The van der Waals surface area contributed by atoms with Crippen LogP contribution in [-0.2, 0) is 5.60 Å². The Morgan fingerprint density at radius 2 is 1.59 bits per heavy atom. The van der Waals surface area contributed by atoms with Gasteiger partial charge in [0.05, 0.1) is 7.11 Å². The normalized spacial score (nSPS) is 14.0. The molecule has 0 radical (unpaired) electrons. The molecule has 2 aromatic carbocycles. The van der Waals surface area contributed by atoms with Crippen molar-refractivity contribution in [1.82, 2.24) is 0 Å². The van der Waals surface area contributed by atoms with Gasteiger partial charge < -0.3 is 9.84 Å². The molecular formula is C20H26O2. The molecule has 0 amide bonds. The Hall–Kier alpha value is -1.80. The van der Waals surface area contributed by atoms with Crippen LogP contribution in [0.2, 0.25) is 0 Å². The van der Waals surface area contributed by atoms with Gasteiger partial charge in [0, 0.05) is 5.56 Å². The van der Waals surface area contributed by atoms with Gasteiger partial charge in [-0.2, -0.15) is 0 Å². The Bertz CT molecular complexity index is 659. The molecule has 0 spiro atoms. The van der Waals surface area contributed by atoms with Crippen LogP contribution in [0.15, 0.2) is 36.4 Å². The third-order valence-electron chi connectivity index (χ3n) is 4.62. The van der Waals surface area contributed by atoms with Crippen LogP contribution in [0.5, 0.6) is 5.75 Å². The average Bonchev–Trinajstić information content (AvgIpc) is 2.50. The minimum atomic E-state index is -1.07. The topological polar surface area (TPSA) is 29.5 Å². The van der Waals surface area contributed by atoms with Crippen LogP contribution in [-0.4, -0.2) is 12.2 Å². The first-order valence-electron chi connectivity index (χ1n) is 7.77. The second kappa shape index (κ2) is 6.13. The molecule has 0 aliphatic carbocycles. The summed E-state index contributed by atoms with van der Waals surface area (Å²) in [6, 6.07) is 12.0. The molecule has 118 valence electrons. The van der Waals surface area contributed by atoms with Crippen molar-refractivity contribution in [3.8, 4) is 5.75 Å². The second-order valence-electron chi connectivity index (χ2n) is 6.33. The summed E-state index contributed by atoms with van der Waals surface area (Å²) in [5.74, 6) is 0.808. The molecule has 22 heavy (non-hydrogen) atoms. The maximum Gasteiger partial charge on any atom is 0.128 e. The molecule has 0 saturated carbocycles. The molecule has 0 aliphatic rings. The predicted octanol–water partition coefficient (Wildman–Crippen LogP) is 4.51. The molecule has 0 fully saturated rings. The molecule has 2 heteroatoms.